The molecule has 0 atom stereocenters. The van der Waals surface area contributed by atoms with Crippen molar-refractivity contribution < 1.29 is 9.72 Å². The van der Waals surface area contributed by atoms with Crippen molar-refractivity contribution in [2.24, 2.45) is 0 Å². The number of rotatable bonds is 3. The van der Waals surface area contributed by atoms with Gasteiger partial charge in [0.15, 0.2) is 0 Å². The number of nitrogens with zero attached hydrogens (tertiary/aromatic N) is 1. The van der Waals surface area contributed by atoms with E-state index in [0.717, 1.165) is 22.4 Å². The number of hydrogen-bond donors (Lipinski definition) is 1. The second-order valence-electron chi connectivity index (χ2n) is 4.82. The Kier molecular flexibility index (Phi) is 2.95. The molecule has 0 radical (unpaired) electrons. The monoisotopic (exact) mass is 268 g/mol. The summed E-state index contributed by atoms with van der Waals surface area (Å²) in [6, 6.07) is 12.4. The zero-order valence-corrected chi connectivity index (χ0v) is 10.6. The molecule has 1 amide bonds. The van der Waals surface area contributed by atoms with E-state index in [4.69, 9.17) is 0 Å². The predicted octanol–water partition coefficient (Wildman–Crippen LogP) is 2.68. The highest BCUT2D eigenvalue weighted by molar-refractivity contribution is 5.99. The second-order valence-corrected chi connectivity index (χ2v) is 4.82. The number of fused-ring (bicyclic) bond motifs is 1. The van der Waals surface area contributed by atoms with E-state index in [9.17, 15) is 14.9 Å². The predicted molar refractivity (Wildman–Crippen MR) is 74.7 cm³/mol. The summed E-state index contributed by atoms with van der Waals surface area (Å²) in [6.45, 7) is 0. The van der Waals surface area contributed by atoms with Gasteiger partial charge in [0, 0.05) is 17.8 Å². The normalized spacial score (nSPS) is 12.9. The minimum absolute atomic E-state index is 0.0208. The molecule has 20 heavy (non-hydrogen) atoms. The molecule has 5 heteroatoms. The van der Waals surface area contributed by atoms with Crippen LogP contribution in [0.25, 0.3) is 0 Å². The van der Waals surface area contributed by atoms with Crippen LogP contribution in [0.4, 0.5) is 11.4 Å². The molecule has 0 unspecified atom stereocenters. The number of anilines is 1. The third kappa shape index (κ3) is 2.38. The van der Waals surface area contributed by atoms with Gasteiger partial charge >= 0.3 is 0 Å². The van der Waals surface area contributed by atoms with E-state index in [1.165, 1.54) is 12.1 Å². The molecular weight excluding hydrogens is 256 g/mol. The van der Waals surface area contributed by atoms with Crippen molar-refractivity contribution in [1.29, 1.82) is 0 Å². The summed E-state index contributed by atoms with van der Waals surface area (Å²) in [7, 11) is 0. The molecule has 0 bridgehead atoms. The Balaban J connectivity index is 1.80. The van der Waals surface area contributed by atoms with Gasteiger partial charge in [-0.1, -0.05) is 24.3 Å². The SMILES string of the molecule is O=C1Cc2cc(Cc3ccc([N+](=O)[O-])cc3)ccc2N1. The number of amides is 1. The average Bonchev–Trinajstić information content (AvgIpc) is 2.78. The second kappa shape index (κ2) is 4.77. The summed E-state index contributed by atoms with van der Waals surface area (Å²) in [5, 5.41) is 13.4. The summed E-state index contributed by atoms with van der Waals surface area (Å²) < 4.78 is 0. The van der Waals surface area contributed by atoms with Gasteiger partial charge in [0.05, 0.1) is 11.3 Å². The Hall–Kier alpha value is -2.69. The van der Waals surface area contributed by atoms with E-state index in [2.05, 4.69) is 5.32 Å². The van der Waals surface area contributed by atoms with Crippen LogP contribution in [-0.2, 0) is 17.6 Å². The molecule has 100 valence electrons. The van der Waals surface area contributed by atoms with Gasteiger partial charge in [-0.2, -0.15) is 0 Å². The van der Waals surface area contributed by atoms with Crippen LogP contribution in [0, 0.1) is 10.1 Å². The fourth-order valence-corrected chi connectivity index (χ4v) is 2.36. The van der Waals surface area contributed by atoms with Crippen LogP contribution in [0.15, 0.2) is 42.5 Å². The first-order valence-corrected chi connectivity index (χ1v) is 6.27. The van der Waals surface area contributed by atoms with Gasteiger partial charge in [-0.3, -0.25) is 14.9 Å². The van der Waals surface area contributed by atoms with Crippen LogP contribution in [0.1, 0.15) is 16.7 Å². The van der Waals surface area contributed by atoms with Crippen molar-refractivity contribution in [1.82, 2.24) is 0 Å². The summed E-state index contributed by atoms with van der Waals surface area (Å²) in [5.74, 6) is 0.0208. The lowest BCUT2D eigenvalue weighted by atomic mass is 10.0. The number of benzene rings is 2. The summed E-state index contributed by atoms with van der Waals surface area (Å²) in [5.41, 5.74) is 4.08. The molecule has 1 aliphatic rings. The molecule has 0 aromatic heterocycles. The molecule has 0 aliphatic carbocycles. The smallest absolute Gasteiger partial charge is 0.269 e. The first-order chi connectivity index (χ1) is 9.61. The van der Waals surface area contributed by atoms with Crippen LogP contribution in [0.5, 0.6) is 0 Å². The molecule has 0 saturated heterocycles. The molecule has 1 heterocycles. The Bertz CT molecular complexity index is 693. The maximum atomic E-state index is 11.3. The van der Waals surface area contributed by atoms with Crippen molar-refractivity contribution in [2.75, 3.05) is 5.32 Å². The number of hydrogen-bond acceptors (Lipinski definition) is 3. The first kappa shape index (κ1) is 12.3. The molecule has 1 aliphatic heterocycles. The van der Waals surface area contributed by atoms with Crippen LogP contribution >= 0.6 is 0 Å². The third-order valence-electron chi connectivity index (χ3n) is 3.35. The number of non-ortho nitro benzene ring substituents is 1. The summed E-state index contributed by atoms with van der Waals surface area (Å²) in [4.78, 5) is 21.5. The van der Waals surface area contributed by atoms with E-state index in [1.54, 1.807) is 12.1 Å². The van der Waals surface area contributed by atoms with E-state index >= 15 is 0 Å². The molecular formula is C15H12N2O3. The zero-order chi connectivity index (χ0) is 14.1. The van der Waals surface area contributed by atoms with Gasteiger partial charge in [0.2, 0.25) is 5.91 Å². The average molecular weight is 268 g/mol. The Morgan fingerprint density at radius 1 is 1.10 bits per heavy atom. The van der Waals surface area contributed by atoms with Gasteiger partial charge in [-0.25, -0.2) is 0 Å². The van der Waals surface area contributed by atoms with Crippen LogP contribution < -0.4 is 5.32 Å². The molecule has 5 nitrogen and oxygen atoms in total. The topological polar surface area (TPSA) is 72.2 Å². The standard InChI is InChI=1S/C15H12N2O3/c18-15-9-12-8-11(3-6-14(12)16-15)7-10-1-4-13(5-2-10)17(19)20/h1-6,8H,7,9H2,(H,16,18). The maximum absolute atomic E-state index is 11.3. The maximum Gasteiger partial charge on any atom is 0.269 e. The molecule has 0 fully saturated rings. The van der Waals surface area contributed by atoms with Crippen molar-refractivity contribution in [3.05, 3.63) is 69.3 Å². The molecule has 2 aromatic rings. The lowest BCUT2D eigenvalue weighted by molar-refractivity contribution is -0.384. The lowest BCUT2D eigenvalue weighted by Crippen LogP contribution is -2.03. The fraction of sp³-hybridized carbons (Fsp3) is 0.133. The molecule has 2 aromatic carbocycles. The molecule has 0 spiro atoms. The van der Waals surface area contributed by atoms with Gasteiger partial charge in [-0.05, 0) is 29.2 Å². The number of nitro benzene ring substituents is 1. The number of carbonyl (C=O) groups is 1. The van der Waals surface area contributed by atoms with Crippen LogP contribution in [0.2, 0.25) is 0 Å². The first-order valence-electron chi connectivity index (χ1n) is 6.27. The third-order valence-corrected chi connectivity index (χ3v) is 3.35. The highest BCUT2D eigenvalue weighted by Crippen LogP contribution is 2.25. The minimum atomic E-state index is -0.406. The van der Waals surface area contributed by atoms with E-state index in [-0.39, 0.29) is 11.6 Å². The minimum Gasteiger partial charge on any atom is -0.326 e. The molecule has 3 rings (SSSR count). The van der Waals surface area contributed by atoms with Crippen molar-refractivity contribution in [3.8, 4) is 0 Å². The zero-order valence-electron chi connectivity index (χ0n) is 10.6. The quantitative estimate of drug-likeness (QED) is 0.687. The lowest BCUT2D eigenvalue weighted by Gasteiger charge is -2.04. The Morgan fingerprint density at radius 3 is 2.50 bits per heavy atom. The number of nitro groups is 1. The van der Waals surface area contributed by atoms with Crippen molar-refractivity contribution in [2.45, 2.75) is 12.8 Å². The van der Waals surface area contributed by atoms with Gasteiger partial charge in [0.1, 0.15) is 0 Å². The van der Waals surface area contributed by atoms with Crippen molar-refractivity contribution in [3.63, 3.8) is 0 Å². The van der Waals surface area contributed by atoms with E-state index in [0.29, 0.717) is 12.8 Å². The largest absolute Gasteiger partial charge is 0.326 e. The Morgan fingerprint density at radius 2 is 1.80 bits per heavy atom. The highest BCUT2D eigenvalue weighted by Gasteiger charge is 2.17. The number of nitrogens with one attached hydrogen (secondary N) is 1. The van der Waals surface area contributed by atoms with Gasteiger partial charge in [-0.15, -0.1) is 0 Å². The molecule has 1 N–H and O–H groups in total. The van der Waals surface area contributed by atoms with E-state index in [1.807, 2.05) is 18.2 Å². The fourth-order valence-electron chi connectivity index (χ4n) is 2.36. The van der Waals surface area contributed by atoms with E-state index < -0.39 is 4.92 Å². The van der Waals surface area contributed by atoms with Crippen LogP contribution in [-0.4, -0.2) is 10.8 Å². The van der Waals surface area contributed by atoms with Crippen molar-refractivity contribution >= 4 is 17.3 Å². The summed E-state index contributed by atoms with van der Waals surface area (Å²) >= 11 is 0. The summed E-state index contributed by atoms with van der Waals surface area (Å²) in [6.07, 6.45) is 1.11. The van der Waals surface area contributed by atoms with Crippen LogP contribution in [0.3, 0.4) is 0 Å². The highest BCUT2D eigenvalue weighted by atomic mass is 16.6. The number of carbonyl (C=O) groups excluding carboxylic acids is 1. The Labute approximate surface area is 115 Å². The van der Waals surface area contributed by atoms with Gasteiger partial charge in [0.25, 0.3) is 5.69 Å². The van der Waals surface area contributed by atoms with Gasteiger partial charge < -0.3 is 5.32 Å². The molecule has 0 saturated carbocycles.